The van der Waals surface area contributed by atoms with Crippen LogP contribution in [0, 0.1) is 0 Å². The Bertz CT molecular complexity index is 830. The van der Waals surface area contributed by atoms with E-state index in [1.54, 1.807) is 6.92 Å². The lowest BCUT2D eigenvalue weighted by molar-refractivity contribution is -0.158. The van der Waals surface area contributed by atoms with Gasteiger partial charge in [0.2, 0.25) is 0 Å². The molecule has 0 unspecified atom stereocenters. The minimum Gasteiger partial charge on any atom is -0.480 e. The van der Waals surface area contributed by atoms with Crippen LogP contribution in [0.4, 0.5) is 0 Å². The molecule has 1 N–H and O–H groups in total. The van der Waals surface area contributed by atoms with Crippen molar-refractivity contribution in [2.75, 3.05) is 72.0 Å². The van der Waals surface area contributed by atoms with Gasteiger partial charge in [-0.2, -0.15) is 0 Å². The van der Waals surface area contributed by atoms with E-state index in [9.17, 15) is 24.3 Å². The third kappa shape index (κ3) is 17.3. The largest absolute Gasteiger partial charge is 0.480 e. The van der Waals surface area contributed by atoms with Crippen molar-refractivity contribution in [1.29, 1.82) is 0 Å². The van der Waals surface area contributed by atoms with Gasteiger partial charge in [0.15, 0.2) is 0 Å². The maximum Gasteiger partial charge on any atom is 0.320 e. The monoisotopic (exact) mass is 586 g/mol. The summed E-state index contributed by atoms with van der Waals surface area (Å²) in [6.07, 6.45) is 0. The smallest absolute Gasteiger partial charge is 0.320 e. The van der Waals surface area contributed by atoms with Gasteiger partial charge in [-0.3, -0.25) is 38.8 Å². The van der Waals surface area contributed by atoms with Crippen molar-refractivity contribution in [3.8, 4) is 0 Å². The zero-order chi connectivity index (χ0) is 31.6. The highest BCUT2D eigenvalue weighted by Gasteiger charge is 2.27. The first-order chi connectivity index (χ1) is 18.6. The van der Waals surface area contributed by atoms with E-state index in [1.165, 1.54) is 0 Å². The van der Waals surface area contributed by atoms with Crippen LogP contribution in [-0.2, 0) is 33.4 Å². The zero-order valence-corrected chi connectivity index (χ0v) is 26.9. The second-order valence-corrected chi connectivity index (χ2v) is 13.6. The fourth-order valence-electron chi connectivity index (χ4n) is 4.24. The highest BCUT2D eigenvalue weighted by molar-refractivity contribution is 5.73. The third-order valence-electron chi connectivity index (χ3n) is 6.10. The Morgan fingerprint density at radius 1 is 0.561 bits per heavy atom. The maximum atomic E-state index is 12.7. The molecule has 1 fully saturated rings. The summed E-state index contributed by atoms with van der Waals surface area (Å²) in [4.78, 5) is 57.6. The number of carbonyl (C=O) groups excluding carboxylic acids is 3. The van der Waals surface area contributed by atoms with Gasteiger partial charge >= 0.3 is 23.9 Å². The second-order valence-electron chi connectivity index (χ2n) is 13.6. The molecule has 0 amide bonds. The van der Waals surface area contributed by atoms with Gasteiger partial charge in [-0.05, 0) is 69.2 Å². The Kier molecular flexibility index (Phi) is 14.2. The Labute approximate surface area is 246 Å². The standard InChI is InChI=1S/C29H54N4O8/c1-22(26(37)38)33-17-15-31(20-24(35)40-28(5,6)7)13-11-30(19-23(34)39-27(2,3)4)12-14-32(16-18-33)21-25(36)41-29(8,9)10/h22H,11-21H2,1-10H3,(H,37,38)/t22-/m1/s1. The number of ether oxygens (including phenoxy) is 3. The van der Waals surface area contributed by atoms with Crippen LogP contribution in [0.2, 0.25) is 0 Å². The number of carboxylic acid groups (broad SMARTS) is 1. The van der Waals surface area contributed by atoms with Crippen molar-refractivity contribution in [3.05, 3.63) is 0 Å². The fraction of sp³-hybridized carbons (Fsp3) is 0.862. The molecule has 0 saturated carbocycles. The molecule has 0 aromatic carbocycles. The molecule has 1 rings (SSSR count). The van der Waals surface area contributed by atoms with E-state index < -0.39 is 28.8 Å². The maximum absolute atomic E-state index is 12.7. The molecule has 12 nitrogen and oxygen atoms in total. The van der Waals surface area contributed by atoms with Crippen LogP contribution in [0.5, 0.6) is 0 Å². The van der Waals surface area contributed by atoms with Gasteiger partial charge in [0.1, 0.15) is 22.8 Å². The van der Waals surface area contributed by atoms with Crippen LogP contribution in [0.25, 0.3) is 0 Å². The van der Waals surface area contributed by atoms with Crippen molar-refractivity contribution in [2.24, 2.45) is 0 Å². The van der Waals surface area contributed by atoms with Gasteiger partial charge in [-0.25, -0.2) is 0 Å². The zero-order valence-electron chi connectivity index (χ0n) is 26.9. The summed E-state index contributed by atoms with van der Waals surface area (Å²) in [5, 5.41) is 9.73. The van der Waals surface area contributed by atoms with Crippen LogP contribution < -0.4 is 0 Å². The van der Waals surface area contributed by atoms with Crippen LogP contribution in [-0.4, -0.2) is 143 Å². The van der Waals surface area contributed by atoms with Gasteiger partial charge in [0, 0.05) is 52.4 Å². The lowest BCUT2D eigenvalue weighted by Crippen LogP contribution is -2.51. The Balaban J connectivity index is 3.20. The second kappa shape index (κ2) is 15.8. The van der Waals surface area contributed by atoms with Crippen molar-refractivity contribution >= 4 is 23.9 Å². The average molecular weight is 587 g/mol. The first-order valence-corrected chi connectivity index (χ1v) is 14.4. The van der Waals surface area contributed by atoms with E-state index >= 15 is 0 Å². The Hall–Kier alpha value is -2.28. The number of carboxylic acids is 1. The van der Waals surface area contributed by atoms with E-state index in [0.29, 0.717) is 52.4 Å². The number of aliphatic carboxylic acids is 1. The van der Waals surface area contributed by atoms with Gasteiger partial charge in [0.05, 0.1) is 19.6 Å². The SMILES string of the molecule is C[C@H](C(=O)O)N1CCN(CC(=O)OC(C)(C)C)CCN(CC(=O)OC(C)(C)C)CCN(CC(=O)OC(C)(C)C)CC1. The molecular weight excluding hydrogens is 532 g/mol. The fourth-order valence-corrected chi connectivity index (χ4v) is 4.24. The minimum absolute atomic E-state index is 0.0393. The molecule has 0 spiro atoms. The lowest BCUT2D eigenvalue weighted by atomic mass is 10.2. The number of esters is 3. The molecule has 12 heteroatoms. The van der Waals surface area contributed by atoms with Crippen LogP contribution in [0.1, 0.15) is 69.2 Å². The summed E-state index contributed by atoms with van der Waals surface area (Å²) in [6, 6.07) is -0.756. The highest BCUT2D eigenvalue weighted by Crippen LogP contribution is 2.12. The predicted molar refractivity (Wildman–Crippen MR) is 156 cm³/mol. The van der Waals surface area contributed by atoms with Gasteiger partial charge < -0.3 is 19.3 Å². The van der Waals surface area contributed by atoms with E-state index in [0.717, 1.165) is 0 Å². The summed E-state index contributed by atoms with van der Waals surface area (Å²) in [5.74, 6) is -2.05. The molecule has 1 aliphatic heterocycles. The predicted octanol–water partition coefficient (Wildman–Crippen LogP) is 1.71. The van der Waals surface area contributed by atoms with Gasteiger partial charge in [0.25, 0.3) is 0 Å². The Morgan fingerprint density at radius 3 is 1.02 bits per heavy atom. The highest BCUT2D eigenvalue weighted by atomic mass is 16.6. The normalized spacial score (nSPS) is 19.0. The van der Waals surface area contributed by atoms with Crippen LogP contribution >= 0.6 is 0 Å². The number of hydrogen-bond acceptors (Lipinski definition) is 11. The van der Waals surface area contributed by atoms with E-state index in [2.05, 4.69) is 0 Å². The number of carbonyl (C=O) groups is 4. The van der Waals surface area contributed by atoms with E-state index in [-0.39, 0.29) is 37.5 Å². The first-order valence-electron chi connectivity index (χ1n) is 14.4. The number of nitrogens with zero attached hydrogens (tertiary/aromatic N) is 4. The van der Waals surface area contributed by atoms with Crippen molar-refractivity contribution in [1.82, 2.24) is 19.6 Å². The van der Waals surface area contributed by atoms with Gasteiger partial charge in [-0.1, -0.05) is 0 Å². The molecule has 1 atom stereocenters. The average Bonchev–Trinajstić information content (AvgIpc) is 2.74. The molecule has 41 heavy (non-hydrogen) atoms. The van der Waals surface area contributed by atoms with Crippen molar-refractivity contribution < 1.29 is 38.5 Å². The first kappa shape index (κ1) is 36.7. The number of rotatable bonds is 8. The van der Waals surface area contributed by atoms with Crippen LogP contribution in [0.15, 0.2) is 0 Å². The van der Waals surface area contributed by atoms with E-state index in [1.807, 2.05) is 81.9 Å². The summed E-state index contributed by atoms with van der Waals surface area (Å²) in [6.45, 7) is 21.5. The molecule has 1 heterocycles. The molecule has 1 saturated heterocycles. The van der Waals surface area contributed by atoms with Gasteiger partial charge in [-0.15, -0.1) is 0 Å². The summed E-state index contributed by atoms with van der Waals surface area (Å²) < 4.78 is 16.6. The molecule has 0 bridgehead atoms. The topological polar surface area (TPSA) is 129 Å². The van der Waals surface area contributed by atoms with Crippen molar-refractivity contribution in [2.45, 2.75) is 92.1 Å². The quantitative estimate of drug-likeness (QED) is 0.328. The van der Waals surface area contributed by atoms with Crippen LogP contribution in [0.3, 0.4) is 0 Å². The molecular formula is C29H54N4O8. The molecule has 0 radical (unpaired) electrons. The Morgan fingerprint density at radius 2 is 0.805 bits per heavy atom. The lowest BCUT2D eigenvalue weighted by Gasteiger charge is -2.35. The molecule has 238 valence electrons. The minimum atomic E-state index is -0.946. The molecule has 0 aliphatic carbocycles. The van der Waals surface area contributed by atoms with Crippen molar-refractivity contribution in [3.63, 3.8) is 0 Å². The number of hydrogen-bond donors (Lipinski definition) is 1. The summed E-state index contributed by atoms with van der Waals surface area (Å²) in [7, 11) is 0. The summed E-state index contributed by atoms with van der Waals surface area (Å²) in [5.41, 5.74) is -1.89. The summed E-state index contributed by atoms with van der Waals surface area (Å²) >= 11 is 0. The molecule has 0 aromatic rings. The third-order valence-corrected chi connectivity index (χ3v) is 6.10. The molecule has 1 aliphatic rings. The van der Waals surface area contributed by atoms with E-state index in [4.69, 9.17) is 14.2 Å². The molecule has 0 aromatic heterocycles.